The number of benzene rings is 1. The summed E-state index contributed by atoms with van der Waals surface area (Å²) in [5.41, 5.74) is 2.73. The Labute approximate surface area is 76.5 Å². The molecule has 0 fully saturated rings. The van der Waals surface area contributed by atoms with Crippen LogP contribution in [-0.2, 0) is 4.79 Å². The van der Waals surface area contributed by atoms with Crippen molar-refractivity contribution >= 4 is 23.7 Å². The van der Waals surface area contributed by atoms with Gasteiger partial charge in [0.15, 0.2) is 0 Å². The molecule has 2 nitrogen and oxygen atoms in total. The largest absolute Gasteiger partial charge is 0.328 e. The third-order valence-corrected chi connectivity index (χ3v) is 2.22. The van der Waals surface area contributed by atoms with Crippen molar-refractivity contribution in [3.8, 4) is 0 Å². The van der Waals surface area contributed by atoms with Crippen LogP contribution in [0.5, 0.6) is 0 Å². The first-order valence-corrected chi connectivity index (χ1v) is 4.00. The zero-order valence-corrected chi connectivity index (χ0v) is 7.77. The van der Waals surface area contributed by atoms with Gasteiger partial charge in [0.05, 0.1) is 0 Å². The molecule has 3 heteroatoms. The van der Waals surface area contributed by atoms with Crippen LogP contribution in [0, 0.1) is 13.8 Å². The average Bonchev–Trinajstić information content (AvgIpc) is 2.06. The Morgan fingerprint density at radius 3 is 2.67 bits per heavy atom. The Hall–Kier alpha value is -1.02. The zero-order valence-electron chi connectivity index (χ0n) is 7.02. The molecule has 0 aliphatic carbocycles. The summed E-state index contributed by atoms with van der Waals surface area (Å²) < 4.78 is 0. The van der Waals surface area contributed by atoms with Crippen molar-refractivity contribution in [3.05, 3.63) is 28.3 Å². The van der Waals surface area contributed by atoms with Gasteiger partial charge in [-0.3, -0.25) is 4.79 Å². The molecule has 0 aliphatic rings. The highest BCUT2D eigenvalue weighted by Crippen LogP contribution is 2.26. The van der Waals surface area contributed by atoms with E-state index in [1.807, 2.05) is 26.0 Å². The van der Waals surface area contributed by atoms with Gasteiger partial charge in [-0.1, -0.05) is 17.7 Å². The molecule has 64 valence electrons. The fourth-order valence-corrected chi connectivity index (χ4v) is 1.26. The minimum absolute atomic E-state index is 0.658. The number of halogens is 1. The lowest BCUT2D eigenvalue weighted by molar-refractivity contribution is -0.105. The number of carbonyl (C=O) groups is 1. The molecule has 0 atom stereocenters. The highest BCUT2D eigenvalue weighted by atomic mass is 35.5. The van der Waals surface area contributed by atoms with E-state index < -0.39 is 0 Å². The van der Waals surface area contributed by atoms with Crippen molar-refractivity contribution in [2.24, 2.45) is 0 Å². The lowest BCUT2D eigenvalue weighted by Crippen LogP contribution is -1.99. The molecular weight excluding hydrogens is 174 g/mol. The fraction of sp³-hybridized carbons (Fsp3) is 0.222. The maximum absolute atomic E-state index is 10.2. The standard InChI is InChI=1S/C9H10ClNO/c1-6-3-4-8(10)7(2)9(6)11-5-12/h3-5H,1-2H3,(H,11,12). The van der Waals surface area contributed by atoms with Gasteiger partial charge in [-0.05, 0) is 31.0 Å². The Morgan fingerprint density at radius 1 is 1.42 bits per heavy atom. The predicted molar refractivity (Wildman–Crippen MR) is 50.6 cm³/mol. The van der Waals surface area contributed by atoms with Crippen molar-refractivity contribution in [2.75, 3.05) is 5.32 Å². The van der Waals surface area contributed by atoms with E-state index in [4.69, 9.17) is 11.6 Å². The van der Waals surface area contributed by atoms with E-state index in [1.165, 1.54) is 0 Å². The maximum Gasteiger partial charge on any atom is 0.211 e. The SMILES string of the molecule is Cc1ccc(Cl)c(C)c1NC=O. The van der Waals surface area contributed by atoms with Gasteiger partial charge in [-0.2, -0.15) is 0 Å². The number of anilines is 1. The van der Waals surface area contributed by atoms with Crippen LogP contribution in [0.1, 0.15) is 11.1 Å². The van der Waals surface area contributed by atoms with Gasteiger partial charge in [-0.15, -0.1) is 0 Å². The van der Waals surface area contributed by atoms with E-state index in [9.17, 15) is 4.79 Å². The number of hydrogen-bond donors (Lipinski definition) is 1. The van der Waals surface area contributed by atoms with Crippen molar-refractivity contribution in [1.29, 1.82) is 0 Å². The molecule has 0 aromatic heterocycles. The van der Waals surface area contributed by atoms with Crippen molar-refractivity contribution in [3.63, 3.8) is 0 Å². The molecule has 1 aromatic rings. The second kappa shape index (κ2) is 3.59. The molecule has 0 saturated heterocycles. The van der Waals surface area contributed by atoms with Crippen molar-refractivity contribution < 1.29 is 4.79 Å². The minimum Gasteiger partial charge on any atom is -0.328 e. The Kier molecular flexibility index (Phi) is 2.71. The summed E-state index contributed by atoms with van der Waals surface area (Å²) in [5.74, 6) is 0. The Balaban J connectivity index is 3.22. The number of amides is 1. The van der Waals surface area contributed by atoms with Gasteiger partial charge < -0.3 is 5.32 Å². The van der Waals surface area contributed by atoms with Crippen LogP contribution < -0.4 is 5.32 Å². The lowest BCUT2D eigenvalue weighted by Gasteiger charge is -2.08. The van der Waals surface area contributed by atoms with Gasteiger partial charge in [-0.25, -0.2) is 0 Å². The third kappa shape index (κ3) is 1.59. The molecule has 0 bridgehead atoms. The summed E-state index contributed by atoms with van der Waals surface area (Å²) in [6, 6.07) is 3.70. The molecule has 0 aliphatic heterocycles. The quantitative estimate of drug-likeness (QED) is 0.702. The average molecular weight is 184 g/mol. The number of nitrogens with one attached hydrogen (secondary N) is 1. The molecule has 0 saturated carbocycles. The number of carbonyl (C=O) groups excluding carboxylic acids is 1. The maximum atomic E-state index is 10.2. The summed E-state index contributed by atoms with van der Waals surface area (Å²) in [7, 11) is 0. The number of hydrogen-bond acceptors (Lipinski definition) is 1. The van der Waals surface area contributed by atoms with E-state index in [0.29, 0.717) is 11.4 Å². The summed E-state index contributed by atoms with van der Waals surface area (Å²) >= 11 is 5.87. The topological polar surface area (TPSA) is 29.1 Å². The molecule has 1 N–H and O–H groups in total. The molecule has 0 spiro atoms. The monoisotopic (exact) mass is 183 g/mol. The second-order valence-corrected chi connectivity index (χ2v) is 3.03. The van der Waals surface area contributed by atoms with Gasteiger partial charge >= 0.3 is 0 Å². The normalized spacial score (nSPS) is 9.58. The van der Waals surface area contributed by atoms with Crippen LogP contribution >= 0.6 is 11.6 Å². The second-order valence-electron chi connectivity index (χ2n) is 2.63. The first-order valence-electron chi connectivity index (χ1n) is 3.62. The minimum atomic E-state index is 0.658. The molecule has 0 radical (unpaired) electrons. The predicted octanol–water partition coefficient (Wildman–Crippen LogP) is 2.53. The van der Waals surface area contributed by atoms with Crippen molar-refractivity contribution in [2.45, 2.75) is 13.8 Å². The number of aryl methyl sites for hydroxylation is 1. The van der Waals surface area contributed by atoms with Gasteiger partial charge in [0, 0.05) is 10.7 Å². The van der Waals surface area contributed by atoms with E-state index in [0.717, 1.165) is 16.8 Å². The highest BCUT2D eigenvalue weighted by molar-refractivity contribution is 6.31. The number of rotatable bonds is 2. The van der Waals surface area contributed by atoms with E-state index >= 15 is 0 Å². The summed E-state index contributed by atoms with van der Waals surface area (Å²) in [6.07, 6.45) is 0.658. The third-order valence-electron chi connectivity index (χ3n) is 1.81. The van der Waals surface area contributed by atoms with E-state index in [1.54, 1.807) is 0 Å². The van der Waals surface area contributed by atoms with E-state index in [2.05, 4.69) is 5.32 Å². The van der Waals surface area contributed by atoms with Gasteiger partial charge in [0.25, 0.3) is 0 Å². The molecule has 12 heavy (non-hydrogen) atoms. The Bertz CT molecular complexity index is 310. The molecular formula is C9H10ClNO. The van der Waals surface area contributed by atoms with Crippen LogP contribution in [0.3, 0.4) is 0 Å². The van der Waals surface area contributed by atoms with E-state index in [-0.39, 0.29) is 0 Å². The van der Waals surface area contributed by atoms with Crippen molar-refractivity contribution in [1.82, 2.24) is 0 Å². The van der Waals surface area contributed by atoms with Crippen LogP contribution in [0.2, 0.25) is 5.02 Å². The van der Waals surface area contributed by atoms with Gasteiger partial charge in [0.1, 0.15) is 0 Å². The molecule has 0 unspecified atom stereocenters. The zero-order chi connectivity index (χ0) is 9.14. The first kappa shape index (κ1) is 9.07. The molecule has 1 amide bonds. The molecule has 0 heterocycles. The van der Waals surface area contributed by atoms with Crippen LogP contribution in [0.25, 0.3) is 0 Å². The molecule has 1 aromatic carbocycles. The van der Waals surface area contributed by atoms with Crippen LogP contribution in [0.15, 0.2) is 12.1 Å². The van der Waals surface area contributed by atoms with Crippen LogP contribution in [-0.4, -0.2) is 6.41 Å². The smallest absolute Gasteiger partial charge is 0.211 e. The lowest BCUT2D eigenvalue weighted by atomic mass is 10.1. The highest BCUT2D eigenvalue weighted by Gasteiger charge is 2.04. The summed E-state index contributed by atoms with van der Waals surface area (Å²) in [5, 5.41) is 3.29. The summed E-state index contributed by atoms with van der Waals surface area (Å²) in [6.45, 7) is 3.80. The van der Waals surface area contributed by atoms with Gasteiger partial charge in [0.2, 0.25) is 6.41 Å². The fourth-order valence-electron chi connectivity index (χ4n) is 1.10. The first-order chi connectivity index (χ1) is 5.66. The Morgan fingerprint density at radius 2 is 2.08 bits per heavy atom. The molecule has 1 rings (SSSR count). The summed E-state index contributed by atoms with van der Waals surface area (Å²) in [4.78, 5) is 10.2. The van der Waals surface area contributed by atoms with Crippen LogP contribution in [0.4, 0.5) is 5.69 Å².